The maximum absolute atomic E-state index is 5.41. The molecule has 1 aromatic rings. The third-order valence-corrected chi connectivity index (χ3v) is 2.21. The van der Waals surface area contributed by atoms with E-state index in [1.54, 1.807) is 0 Å². The Kier molecular flexibility index (Phi) is 1.65. The van der Waals surface area contributed by atoms with Crippen LogP contribution in [0, 0.1) is 0 Å². The predicted molar refractivity (Wildman–Crippen MR) is 46.5 cm³/mol. The van der Waals surface area contributed by atoms with Gasteiger partial charge in [-0.1, -0.05) is 0 Å². The summed E-state index contributed by atoms with van der Waals surface area (Å²) in [5.74, 6) is 1.05. The Morgan fingerprint density at radius 2 is 2.55 bits per heavy atom. The zero-order valence-electron chi connectivity index (χ0n) is 6.22. The Hall–Kier alpha value is -0.480. The molecular weight excluding hydrogens is 208 g/mol. The highest BCUT2D eigenvalue weighted by atomic mass is 79.9. The summed E-state index contributed by atoms with van der Waals surface area (Å²) in [6, 6.07) is 1.97. The van der Waals surface area contributed by atoms with Gasteiger partial charge in [-0.05, 0) is 15.9 Å². The van der Waals surface area contributed by atoms with E-state index in [4.69, 9.17) is 4.42 Å². The highest BCUT2D eigenvalue weighted by molar-refractivity contribution is 9.10. The monoisotopic (exact) mass is 216 g/mol. The fraction of sp³-hybridized carbons (Fsp3) is 0.429. The predicted octanol–water partition coefficient (Wildman–Crippen LogP) is 1.54. The van der Waals surface area contributed by atoms with Crippen molar-refractivity contribution in [2.24, 2.45) is 0 Å². The molecule has 3 nitrogen and oxygen atoms in total. The first-order chi connectivity index (χ1) is 5.27. The average molecular weight is 217 g/mol. The number of halogens is 1. The van der Waals surface area contributed by atoms with Crippen LogP contribution in [0.2, 0.25) is 0 Å². The first-order valence-electron chi connectivity index (χ1n) is 3.53. The second-order valence-corrected chi connectivity index (χ2v) is 3.36. The lowest BCUT2D eigenvalue weighted by molar-refractivity contribution is 0.465. The zero-order chi connectivity index (χ0) is 7.84. The molecular formula is C7H9BrN2O. The van der Waals surface area contributed by atoms with Crippen LogP contribution in [0.25, 0.3) is 0 Å². The summed E-state index contributed by atoms with van der Waals surface area (Å²) in [6.07, 6.45) is 0.964. The van der Waals surface area contributed by atoms with Gasteiger partial charge in [0, 0.05) is 26.1 Å². The first kappa shape index (κ1) is 7.18. The van der Waals surface area contributed by atoms with Crippen molar-refractivity contribution in [2.45, 2.75) is 6.42 Å². The summed E-state index contributed by atoms with van der Waals surface area (Å²) < 4.78 is 6.22. The molecule has 2 heterocycles. The van der Waals surface area contributed by atoms with E-state index in [-0.39, 0.29) is 0 Å². The molecule has 1 N–H and O–H groups in total. The molecule has 0 fully saturated rings. The summed E-state index contributed by atoms with van der Waals surface area (Å²) in [5.41, 5.74) is 4.33. The van der Waals surface area contributed by atoms with Crippen LogP contribution in [0.3, 0.4) is 0 Å². The molecule has 60 valence electrons. The second kappa shape index (κ2) is 2.53. The quantitative estimate of drug-likeness (QED) is 0.714. The van der Waals surface area contributed by atoms with E-state index in [1.165, 1.54) is 0 Å². The van der Waals surface area contributed by atoms with Gasteiger partial charge in [0.05, 0.1) is 5.69 Å². The fourth-order valence-corrected chi connectivity index (χ4v) is 1.68. The van der Waals surface area contributed by atoms with Crippen LogP contribution < -0.4 is 10.4 Å². The summed E-state index contributed by atoms with van der Waals surface area (Å²) in [7, 11) is 1.99. The number of hydrazine groups is 1. The molecule has 0 aromatic carbocycles. The Balaban J connectivity index is 2.43. The van der Waals surface area contributed by atoms with Gasteiger partial charge < -0.3 is 9.43 Å². The number of furan rings is 1. The van der Waals surface area contributed by atoms with E-state index in [0.29, 0.717) is 0 Å². The van der Waals surface area contributed by atoms with Gasteiger partial charge in [-0.3, -0.25) is 0 Å². The molecule has 11 heavy (non-hydrogen) atoms. The van der Waals surface area contributed by atoms with Crippen molar-refractivity contribution in [3.8, 4) is 0 Å². The van der Waals surface area contributed by atoms with Crippen LogP contribution in [0.15, 0.2) is 15.2 Å². The van der Waals surface area contributed by atoms with Crippen molar-refractivity contribution in [3.05, 3.63) is 16.5 Å². The summed E-state index contributed by atoms with van der Waals surface area (Å²) >= 11 is 3.30. The molecule has 0 aliphatic carbocycles. The Labute approximate surface area is 73.5 Å². The van der Waals surface area contributed by atoms with Crippen molar-refractivity contribution in [1.29, 1.82) is 0 Å². The van der Waals surface area contributed by atoms with Crippen LogP contribution in [0.1, 0.15) is 5.76 Å². The molecule has 1 aliphatic heterocycles. The lowest BCUT2D eigenvalue weighted by Gasteiger charge is -2.23. The Bertz CT molecular complexity index is 271. The number of nitrogens with zero attached hydrogens (tertiary/aromatic N) is 1. The van der Waals surface area contributed by atoms with Crippen LogP contribution in [-0.2, 0) is 6.42 Å². The molecule has 0 spiro atoms. The van der Waals surface area contributed by atoms with E-state index in [9.17, 15) is 0 Å². The van der Waals surface area contributed by atoms with Gasteiger partial charge >= 0.3 is 0 Å². The molecule has 0 atom stereocenters. The number of fused-ring (bicyclic) bond motifs is 1. The molecule has 0 saturated carbocycles. The third-order valence-electron chi connectivity index (χ3n) is 1.82. The smallest absolute Gasteiger partial charge is 0.171 e. The van der Waals surface area contributed by atoms with Crippen LogP contribution >= 0.6 is 15.9 Å². The first-order valence-corrected chi connectivity index (χ1v) is 4.32. The third kappa shape index (κ3) is 1.16. The van der Waals surface area contributed by atoms with Crippen LogP contribution in [0.5, 0.6) is 0 Å². The lowest BCUT2D eigenvalue weighted by Crippen LogP contribution is -2.39. The van der Waals surface area contributed by atoms with E-state index in [2.05, 4.69) is 21.4 Å². The van der Waals surface area contributed by atoms with Gasteiger partial charge in [0.15, 0.2) is 4.67 Å². The van der Waals surface area contributed by atoms with Crippen molar-refractivity contribution < 1.29 is 4.42 Å². The van der Waals surface area contributed by atoms with Gasteiger partial charge in [-0.25, -0.2) is 5.43 Å². The molecule has 0 amide bonds. The van der Waals surface area contributed by atoms with Crippen molar-refractivity contribution in [3.63, 3.8) is 0 Å². The van der Waals surface area contributed by atoms with E-state index >= 15 is 0 Å². The highest BCUT2D eigenvalue weighted by Gasteiger charge is 2.17. The minimum Gasteiger partial charge on any atom is -0.452 e. The molecule has 2 rings (SSSR count). The molecule has 0 unspecified atom stereocenters. The molecule has 0 bridgehead atoms. The molecule has 4 heteroatoms. The van der Waals surface area contributed by atoms with Gasteiger partial charge in [0.1, 0.15) is 5.76 Å². The number of anilines is 1. The van der Waals surface area contributed by atoms with Gasteiger partial charge in [0.25, 0.3) is 0 Å². The largest absolute Gasteiger partial charge is 0.452 e. The fourth-order valence-electron chi connectivity index (χ4n) is 1.27. The Morgan fingerprint density at radius 1 is 1.73 bits per heavy atom. The minimum absolute atomic E-state index is 0.804. The summed E-state index contributed by atoms with van der Waals surface area (Å²) in [5, 5.41) is 1.98. The van der Waals surface area contributed by atoms with Gasteiger partial charge in [-0.2, -0.15) is 0 Å². The van der Waals surface area contributed by atoms with Gasteiger partial charge in [-0.15, -0.1) is 0 Å². The lowest BCUT2D eigenvalue weighted by atomic mass is 10.2. The summed E-state index contributed by atoms with van der Waals surface area (Å²) in [6.45, 7) is 0.948. The Morgan fingerprint density at radius 3 is 3.27 bits per heavy atom. The molecule has 0 saturated heterocycles. The van der Waals surface area contributed by atoms with Gasteiger partial charge in [0.2, 0.25) is 0 Å². The summed E-state index contributed by atoms with van der Waals surface area (Å²) in [4.78, 5) is 0. The maximum Gasteiger partial charge on any atom is 0.171 e. The number of hydrogen-bond donors (Lipinski definition) is 1. The standard InChI is InChI=1S/C7H9BrN2O/c1-10-5-4-7(8)11-6(5)2-3-9-10/h4,9H,2-3H2,1H3. The van der Waals surface area contributed by atoms with Crippen molar-refractivity contribution in [2.75, 3.05) is 18.6 Å². The molecule has 0 radical (unpaired) electrons. The van der Waals surface area contributed by atoms with E-state index < -0.39 is 0 Å². The highest BCUT2D eigenvalue weighted by Crippen LogP contribution is 2.28. The van der Waals surface area contributed by atoms with Crippen LogP contribution in [-0.4, -0.2) is 13.6 Å². The second-order valence-electron chi connectivity index (χ2n) is 2.58. The topological polar surface area (TPSA) is 28.4 Å². The SMILES string of the molecule is CN1NCCc2oc(Br)cc21. The maximum atomic E-state index is 5.41. The van der Waals surface area contributed by atoms with E-state index in [0.717, 1.165) is 29.1 Å². The number of nitrogens with one attached hydrogen (secondary N) is 1. The number of rotatable bonds is 0. The molecule has 1 aromatic heterocycles. The minimum atomic E-state index is 0.804. The molecule has 1 aliphatic rings. The van der Waals surface area contributed by atoms with E-state index in [1.807, 2.05) is 18.1 Å². The number of hydrogen-bond acceptors (Lipinski definition) is 3. The van der Waals surface area contributed by atoms with Crippen molar-refractivity contribution >= 4 is 21.6 Å². The normalized spacial score (nSPS) is 16.7. The zero-order valence-corrected chi connectivity index (χ0v) is 7.81. The van der Waals surface area contributed by atoms with Crippen LogP contribution in [0.4, 0.5) is 5.69 Å². The average Bonchev–Trinajstić information content (AvgIpc) is 2.31. The van der Waals surface area contributed by atoms with Crippen molar-refractivity contribution in [1.82, 2.24) is 5.43 Å².